The number of nitrogens with zero attached hydrogens (tertiary/aromatic N) is 1. The van der Waals surface area contributed by atoms with Gasteiger partial charge in [-0.15, -0.1) is 0 Å². The van der Waals surface area contributed by atoms with Gasteiger partial charge in [0, 0.05) is 19.7 Å². The third-order valence-corrected chi connectivity index (χ3v) is 6.15. The summed E-state index contributed by atoms with van der Waals surface area (Å²) in [5.41, 5.74) is -0.101. The Labute approximate surface area is 146 Å². The number of carboxylic acids is 1. The summed E-state index contributed by atoms with van der Waals surface area (Å²) in [6.45, 7) is 1.98. The van der Waals surface area contributed by atoms with Gasteiger partial charge < -0.3 is 19.3 Å². The predicted octanol–water partition coefficient (Wildman–Crippen LogP) is 0.964. The van der Waals surface area contributed by atoms with E-state index < -0.39 is 16.0 Å². The van der Waals surface area contributed by atoms with Gasteiger partial charge in [-0.3, -0.25) is 0 Å². The van der Waals surface area contributed by atoms with Gasteiger partial charge in [0.15, 0.2) is 0 Å². The Kier molecular flexibility index (Phi) is 5.57. The van der Waals surface area contributed by atoms with Crippen LogP contribution in [0.1, 0.15) is 23.2 Å². The molecule has 25 heavy (non-hydrogen) atoms. The molecule has 0 bridgehead atoms. The Hall–Kier alpha value is -1.68. The molecule has 0 aromatic heterocycles. The second-order valence-electron chi connectivity index (χ2n) is 5.93. The molecule has 1 N–H and O–H groups in total. The van der Waals surface area contributed by atoms with Gasteiger partial charge in [-0.2, -0.15) is 4.31 Å². The van der Waals surface area contributed by atoms with Crippen molar-refractivity contribution in [3.05, 3.63) is 23.8 Å². The molecule has 1 unspecified atom stereocenters. The van der Waals surface area contributed by atoms with Gasteiger partial charge in [-0.25, -0.2) is 13.2 Å². The number of sulfonamides is 1. The first-order chi connectivity index (χ1) is 12.0. The lowest BCUT2D eigenvalue weighted by Gasteiger charge is -2.27. The minimum absolute atomic E-state index is 0.0712. The monoisotopic (exact) mass is 371 g/mol. The van der Waals surface area contributed by atoms with E-state index in [1.807, 2.05) is 0 Å². The zero-order valence-electron chi connectivity index (χ0n) is 13.7. The van der Waals surface area contributed by atoms with Crippen molar-refractivity contribution >= 4 is 16.0 Å². The number of hydrogen-bond donors (Lipinski definition) is 1. The van der Waals surface area contributed by atoms with E-state index in [1.165, 1.54) is 16.4 Å². The standard InChI is InChI=1S/C16H21NO7S/c18-16(19)12-3-4-14(24-11-13-2-1-7-23-13)15(10-12)25(20,21)17-5-8-22-9-6-17/h3-4,10,13H,1-2,5-9,11H2,(H,18,19). The van der Waals surface area contributed by atoms with Crippen LogP contribution in [0.3, 0.4) is 0 Å². The lowest BCUT2D eigenvalue weighted by atomic mass is 10.2. The fourth-order valence-corrected chi connectivity index (χ4v) is 4.41. The Balaban J connectivity index is 1.89. The molecule has 1 aromatic rings. The van der Waals surface area contributed by atoms with E-state index in [0.29, 0.717) is 19.8 Å². The van der Waals surface area contributed by atoms with Crippen LogP contribution < -0.4 is 4.74 Å². The molecule has 0 spiro atoms. The number of aromatic carboxylic acids is 1. The van der Waals surface area contributed by atoms with E-state index in [1.54, 1.807) is 0 Å². The molecule has 2 heterocycles. The van der Waals surface area contributed by atoms with Crippen LogP contribution in [0.4, 0.5) is 0 Å². The smallest absolute Gasteiger partial charge is 0.335 e. The van der Waals surface area contributed by atoms with Crippen LogP contribution in [0, 0.1) is 0 Å². The Morgan fingerprint density at radius 1 is 1.28 bits per heavy atom. The molecule has 2 fully saturated rings. The predicted molar refractivity (Wildman–Crippen MR) is 87.4 cm³/mol. The SMILES string of the molecule is O=C(O)c1ccc(OCC2CCCO2)c(S(=O)(=O)N2CCOCC2)c1. The van der Waals surface area contributed by atoms with E-state index in [9.17, 15) is 18.3 Å². The third kappa shape index (κ3) is 4.12. The summed E-state index contributed by atoms with van der Waals surface area (Å²) in [6, 6.07) is 3.88. The van der Waals surface area contributed by atoms with Gasteiger partial charge in [-0.1, -0.05) is 0 Å². The minimum atomic E-state index is -3.87. The van der Waals surface area contributed by atoms with Gasteiger partial charge in [-0.05, 0) is 31.0 Å². The molecule has 8 nitrogen and oxygen atoms in total. The molecule has 1 atom stereocenters. The van der Waals surface area contributed by atoms with E-state index in [0.717, 1.165) is 18.9 Å². The van der Waals surface area contributed by atoms with Gasteiger partial charge in [0.25, 0.3) is 0 Å². The number of carboxylic acid groups (broad SMARTS) is 1. The maximum absolute atomic E-state index is 12.9. The quantitative estimate of drug-likeness (QED) is 0.795. The summed E-state index contributed by atoms with van der Waals surface area (Å²) < 4.78 is 43.5. The summed E-state index contributed by atoms with van der Waals surface area (Å²) in [4.78, 5) is 11.1. The largest absolute Gasteiger partial charge is 0.489 e. The fraction of sp³-hybridized carbons (Fsp3) is 0.562. The number of benzene rings is 1. The van der Waals surface area contributed by atoms with Crippen molar-refractivity contribution in [3.63, 3.8) is 0 Å². The van der Waals surface area contributed by atoms with Crippen molar-refractivity contribution in [2.24, 2.45) is 0 Å². The van der Waals surface area contributed by atoms with Crippen LogP contribution >= 0.6 is 0 Å². The first-order valence-electron chi connectivity index (χ1n) is 8.18. The van der Waals surface area contributed by atoms with E-state index in [4.69, 9.17) is 14.2 Å². The summed E-state index contributed by atoms with van der Waals surface area (Å²) in [5, 5.41) is 9.19. The van der Waals surface area contributed by atoms with Crippen LogP contribution in [0.5, 0.6) is 5.75 Å². The second kappa shape index (κ2) is 7.69. The molecular weight excluding hydrogens is 350 g/mol. The molecule has 2 aliphatic rings. The molecule has 0 saturated carbocycles. The molecule has 2 aliphatic heterocycles. The average molecular weight is 371 g/mol. The van der Waals surface area contributed by atoms with Crippen molar-refractivity contribution in [2.75, 3.05) is 39.5 Å². The Bertz CT molecular complexity index is 722. The molecule has 138 valence electrons. The number of hydrogen-bond acceptors (Lipinski definition) is 6. The molecule has 0 aliphatic carbocycles. The highest BCUT2D eigenvalue weighted by Gasteiger charge is 2.30. The number of ether oxygens (including phenoxy) is 3. The first-order valence-corrected chi connectivity index (χ1v) is 9.62. The lowest BCUT2D eigenvalue weighted by molar-refractivity contribution is 0.0658. The molecule has 2 saturated heterocycles. The lowest BCUT2D eigenvalue weighted by Crippen LogP contribution is -2.40. The highest BCUT2D eigenvalue weighted by Crippen LogP contribution is 2.29. The third-order valence-electron chi connectivity index (χ3n) is 4.23. The highest BCUT2D eigenvalue weighted by molar-refractivity contribution is 7.89. The van der Waals surface area contributed by atoms with Crippen LogP contribution in [0.2, 0.25) is 0 Å². The van der Waals surface area contributed by atoms with Gasteiger partial charge in [0.2, 0.25) is 10.0 Å². The van der Waals surface area contributed by atoms with E-state index in [2.05, 4.69) is 0 Å². The molecule has 3 rings (SSSR count). The van der Waals surface area contributed by atoms with Gasteiger partial charge >= 0.3 is 5.97 Å². The van der Waals surface area contributed by atoms with Crippen LogP contribution in [-0.4, -0.2) is 69.4 Å². The summed E-state index contributed by atoms with van der Waals surface area (Å²) in [5.74, 6) is -1.05. The first kappa shape index (κ1) is 18.1. The van der Waals surface area contributed by atoms with Gasteiger partial charge in [0.05, 0.1) is 24.9 Å². The average Bonchev–Trinajstić information content (AvgIpc) is 3.14. The Morgan fingerprint density at radius 3 is 2.68 bits per heavy atom. The highest BCUT2D eigenvalue weighted by atomic mass is 32.2. The van der Waals surface area contributed by atoms with Crippen molar-refractivity contribution < 1.29 is 32.5 Å². The zero-order chi connectivity index (χ0) is 17.9. The van der Waals surface area contributed by atoms with Crippen molar-refractivity contribution in [3.8, 4) is 5.75 Å². The number of carbonyl (C=O) groups is 1. The van der Waals surface area contributed by atoms with Crippen molar-refractivity contribution in [1.82, 2.24) is 4.31 Å². The van der Waals surface area contributed by atoms with Gasteiger partial charge in [0.1, 0.15) is 17.3 Å². The van der Waals surface area contributed by atoms with Crippen molar-refractivity contribution in [2.45, 2.75) is 23.8 Å². The normalized spacial score (nSPS) is 22.0. The summed E-state index contributed by atoms with van der Waals surface area (Å²) in [7, 11) is -3.87. The maximum Gasteiger partial charge on any atom is 0.335 e. The van der Waals surface area contributed by atoms with E-state index in [-0.39, 0.29) is 42.0 Å². The minimum Gasteiger partial charge on any atom is -0.489 e. The topological polar surface area (TPSA) is 102 Å². The van der Waals surface area contributed by atoms with E-state index >= 15 is 0 Å². The fourth-order valence-electron chi connectivity index (χ4n) is 2.85. The second-order valence-corrected chi connectivity index (χ2v) is 7.84. The molecule has 0 amide bonds. The van der Waals surface area contributed by atoms with Crippen molar-refractivity contribution in [1.29, 1.82) is 0 Å². The number of rotatable bonds is 6. The summed E-state index contributed by atoms with van der Waals surface area (Å²) in [6.07, 6.45) is 1.74. The van der Waals surface area contributed by atoms with Crippen LogP contribution in [-0.2, 0) is 19.5 Å². The number of morpholine rings is 1. The van der Waals surface area contributed by atoms with Crippen LogP contribution in [0.25, 0.3) is 0 Å². The molecule has 1 aromatic carbocycles. The summed E-state index contributed by atoms with van der Waals surface area (Å²) >= 11 is 0. The molecule has 0 radical (unpaired) electrons. The molecular formula is C16H21NO7S. The molecule has 9 heteroatoms. The zero-order valence-corrected chi connectivity index (χ0v) is 14.5. The van der Waals surface area contributed by atoms with Crippen LogP contribution in [0.15, 0.2) is 23.1 Å². The Morgan fingerprint density at radius 2 is 2.04 bits per heavy atom. The maximum atomic E-state index is 12.9.